The fourth-order valence-electron chi connectivity index (χ4n) is 2.69. The molecule has 1 saturated heterocycles. The molecule has 0 bridgehead atoms. The van der Waals surface area contributed by atoms with Gasteiger partial charge in [-0.3, -0.25) is 4.79 Å². The topological polar surface area (TPSA) is 63.1 Å². The molecule has 2 aromatic rings. The number of hydrogen-bond acceptors (Lipinski definition) is 4. The average molecular weight is 320 g/mol. The van der Waals surface area contributed by atoms with Crippen LogP contribution in [0, 0.1) is 0 Å². The number of amides is 1. The van der Waals surface area contributed by atoms with Crippen LogP contribution in [0.5, 0.6) is 0 Å². The second kappa shape index (κ2) is 6.36. The Bertz CT molecular complexity index is 671. The highest BCUT2D eigenvalue weighted by atomic mass is 35.5. The van der Waals surface area contributed by atoms with Gasteiger partial charge >= 0.3 is 0 Å². The molecule has 1 amide bonds. The second-order valence-electron chi connectivity index (χ2n) is 5.49. The number of aromatic nitrogens is 3. The van der Waals surface area contributed by atoms with Crippen LogP contribution in [0.3, 0.4) is 0 Å². The average Bonchev–Trinajstić information content (AvgIpc) is 2.95. The highest BCUT2D eigenvalue weighted by Crippen LogP contribution is 2.25. The Hall–Kier alpha value is -2.08. The summed E-state index contributed by atoms with van der Waals surface area (Å²) >= 11 is 6.21. The molecular weight excluding hydrogens is 302 g/mol. The number of rotatable bonds is 3. The monoisotopic (exact) mass is 319 g/mol. The standard InChI is InChI=1S/C15H18ClN5O/c1-20-9-13(18-10-20)15(22)19-11-4-3-7-21(8-11)14-12(16)5-2-6-17-14/h2,5-6,9-11H,3-4,7-8H2,1H3,(H,19,22). The molecule has 1 aliphatic rings. The highest BCUT2D eigenvalue weighted by molar-refractivity contribution is 6.32. The van der Waals surface area contributed by atoms with Crippen LogP contribution in [0.25, 0.3) is 0 Å². The van der Waals surface area contributed by atoms with Gasteiger partial charge in [0.15, 0.2) is 0 Å². The van der Waals surface area contributed by atoms with E-state index in [1.165, 1.54) is 0 Å². The molecule has 0 saturated carbocycles. The quantitative estimate of drug-likeness (QED) is 0.938. The van der Waals surface area contributed by atoms with Gasteiger partial charge in [0.25, 0.3) is 5.91 Å². The van der Waals surface area contributed by atoms with Gasteiger partial charge in [0.1, 0.15) is 11.5 Å². The van der Waals surface area contributed by atoms with Gasteiger partial charge in [-0.05, 0) is 25.0 Å². The van der Waals surface area contributed by atoms with Gasteiger partial charge in [0.2, 0.25) is 0 Å². The van der Waals surface area contributed by atoms with Crippen molar-refractivity contribution in [1.82, 2.24) is 19.9 Å². The molecule has 0 spiro atoms. The summed E-state index contributed by atoms with van der Waals surface area (Å²) in [6.07, 6.45) is 7.00. The van der Waals surface area contributed by atoms with Crippen LogP contribution < -0.4 is 10.2 Å². The number of carbonyl (C=O) groups excluding carboxylic acids is 1. The molecule has 0 aliphatic carbocycles. The van der Waals surface area contributed by atoms with Crippen molar-refractivity contribution in [2.75, 3.05) is 18.0 Å². The lowest BCUT2D eigenvalue weighted by molar-refractivity contribution is 0.0928. The van der Waals surface area contributed by atoms with Crippen LogP contribution in [0.1, 0.15) is 23.3 Å². The third kappa shape index (κ3) is 3.22. The Labute approximate surface area is 134 Å². The van der Waals surface area contributed by atoms with Crippen LogP contribution in [0.4, 0.5) is 5.82 Å². The molecule has 0 aromatic carbocycles. The van der Waals surface area contributed by atoms with Crippen molar-refractivity contribution in [3.05, 3.63) is 41.6 Å². The fraction of sp³-hybridized carbons (Fsp3) is 0.400. The van der Waals surface area contributed by atoms with E-state index in [9.17, 15) is 4.79 Å². The maximum absolute atomic E-state index is 12.2. The number of imidazole rings is 1. The number of nitrogens with zero attached hydrogens (tertiary/aromatic N) is 4. The first-order valence-corrected chi connectivity index (χ1v) is 7.65. The minimum atomic E-state index is -0.139. The van der Waals surface area contributed by atoms with Gasteiger partial charge in [-0.15, -0.1) is 0 Å². The van der Waals surface area contributed by atoms with Crippen LogP contribution in [0.15, 0.2) is 30.9 Å². The van der Waals surface area contributed by atoms with Crippen LogP contribution in [0.2, 0.25) is 5.02 Å². The number of piperidine rings is 1. The zero-order valence-corrected chi connectivity index (χ0v) is 13.1. The summed E-state index contributed by atoms with van der Waals surface area (Å²) in [6, 6.07) is 3.72. The molecular formula is C15H18ClN5O. The van der Waals surface area contributed by atoms with E-state index in [4.69, 9.17) is 11.6 Å². The first-order valence-electron chi connectivity index (χ1n) is 7.28. The molecule has 1 unspecified atom stereocenters. The molecule has 1 N–H and O–H groups in total. The van der Waals surface area contributed by atoms with Crippen LogP contribution in [-0.2, 0) is 7.05 Å². The summed E-state index contributed by atoms with van der Waals surface area (Å²) in [4.78, 5) is 22.7. The van der Waals surface area contributed by atoms with E-state index in [2.05, 4.69) is 20.2 Å². The predicted molar refractivity (Wildman–Crippen MR) is 85.2 cm³/mol. The van der Waals surface area contributed by atoms with E-state index in [1.807, 2.05) is 19.2 Å². The Morgan fingerprint density at radius 2 is 2.32 bits per heavy atom. The normalized spacial score (nSPS) is 18.3. The molecule has 7 heteroatoms. The molecule has 116 valence electrons. The van der Waals surface area contributed by atoms with Gasteiger partial charge in [0, 0.05) is 38.6 Å². The molecule has 22 heavy (non-hydrogen) atoms. The molecule has 1 aliphatic heterocycles. The molecule has 1 fully saturated rings. The number of aryl methyl sites for hydroxylation is 1. The summed E-state index contributed by atoms with van der Waals surface area (Å²) in [5.41, 5.74) is 0.440. The smallest absolute Gasteiger partial charge is 0.271 e. The molecule has 6 nitrogen and oxygen atoms in total. The first-order chi connectivity index (χ1) is 10.6. The van der Waals surface area contributed by atoms with Crippen molar-refractivity contribution in [2.24, 2.45) is 7.05 Å². The van der Waals surface area contributed by atoms with E-state index in [0.29, 0.717) is 17.3 Å². The fourth-order valence-corrected chi connectivity index (χ4v) is 2.93. The minimum Gasteiger partial charge on any atom is -0.353 e. The van der Waals surface area contributed by atoms with Crippen molar-refractivity contribution in [1.29, 1.82) is 0 Å². The summed E-state index contributed by atoms with van der Waals surface area (Å²) < 4.78 is 1.76. The molecule has 2 aromatic heterocycles. The second-order valence-corrected chi connectivity index (χ2v) is 5.90. The predicted octanol–water partition coefficient (Wildman–Crippen LogP) is 1.87. The van der Waals surface area contributed by atoms with Gasteiger partial charge in [-0.1, -0.05) is 11.6 Å². The molecule has 3 heterocycles. The van der Waals surface area contributed by atoms with Crippen LogP contribution in [-0.4, -0.2) is 39.6 Å². The third-order valence-corrected chi connectivity index (χ3v) is 4.03. The summed E-state index contributed by atoms with van der Waals surface area (Å²) in [5, 5.41) is 3.68. The molecule has 3 rings (SSSR count). The maximum atomic E-state index is 12.2. The summed E-state index contributed by atoms with van der Waals surface area (Å²) in [6.45, 7) is 1.60. The number of anilines is 1. The van der Waals surface area contributed by atoms with Crippen molar-refractivity contribution < 1.29 is 4.79 Å². The zero-order valence-electron chi connectivity index (χ0n) is 12.4. The Morgan fingerprint density at radius 3 is 3.05 bits per heavy atom. The van der Waals surface area contributed by atoms with Crippen molar-refractivity contribution in [3.8, 4) is 0 Å². The number of halogens is 1. The van der Waals surface area contributed by atoms with Crippen molar-refractivity contribution >= 4 is 23.3 Å². The SMILES string of the molecule is Cn1cnc(C(=O)NC2CCCN(c3ncccc3Cl)C2)c1. The van der Waals surface area contributed by atoms with Gasteiger partial charge in [-0.2, -0.15) is 0 Å². The molecule has 1 atom stereocenters. The number of carbonyl (C=O) groups is 1. The van der Waals surface area contributed by atoms with E-state index in [1.54, 1.807) is 23.3 Å². The summed E-state index contributed by atoms with van der Waals surface area (Å²) in [5.74, 6) is 0.639. The minimum absolute atomic E-state index is 0.0707. The summed E-state index contributed by atoms with van der Waals surface area (Å²) in [7, 11) is 1.84. The largest absolute Gasteiger partial charge is 0.353 e. The van der Waals surface area contributed by atoms with Gasteiger partial charge in [-0.25, -0.2) is 9.97 Å². The highest BCUT2D eigenvalue weighted by Gasteiger charge is 2.24. The third-order valence-electron chi connectivity index (χ3n) is 3.73. The zero-order chi connectivity index (χ0) is 15.5. The van der Waals surface area contributed by atoms with Crippen molar-refractivity contribution in [2.45, 2.75) is 18.9 Å². The van der Waals surface area contributed by atoms with E-state index in [0.717, 1.165) is 25.2 Å². The van der Waals surface area contributed by atoms with Gasteiger partial charge < -0.3 is 14.8 Å². The lowest BCUT2D eigenvalue weighted by Gasteiger charge is -2.34. The maximum Gasteiger partial charge on any atom is 0.271 e. The number of pyridine rings is 1. The lowest BCUT2D eigenvalue weighted by Crippen LogP contribution is -2.48. The lowest BCUT2D eigenvalue weighted by atomic mass is 10.1. The van der Waals surface area contributed by atoms with E-state index >= 15 is 0 Å². The van der Waals surface area contributed by atoms with Crippen LogP contribution >= 0.6 is 11.6 Å². The van der Waals surface area contributed by atoms with E-state index < -0.39 is 0 Å². The number of hydrogen-bond donors (Lipinski definition) is 1. The molecule has 0 radical (unpaired) electrons. The van der Waals surface area contributed by atoms with Crippen molar-refractivity contribution in [3.63, 3.8) is 0 Å². The number of nitrogens with one attached hydrogen (secondary N) is 1. The Kier molecular flexibility index (Phi) is 4.29. The van der Waals surface area contributed by atoms with Gasteiger partial charge in [0.05, 0.1) is 11.3 Å². The first kappa shape index (κ1) is 14.8. The Balaban J connectivity index is 1.66. The Morgan fingerprint density at radius 1 is 1.45 bits per heavy atom. The van der Waals surface area contributed by atoms with E-state index in [-0.39, 0.29) is 11.9 Å².